The van der Waals surface area contributed by atoms with Crippen molar-refractivity contribution in [3.05, 3.63) is 57.8 Å². The molecule has 122 valence electrons. The lowest BCUT2D eigenvalue weighted by Gasteiger charge is -2.20. The van der Waals surface area contributed by atoms with E-state index in [9.17, 15) is 5.11 Å². The minimum absolute atomic E-state index is 0.0203. The fourth-order valence-electron chi connectivity index (χ4n) is 2.26. The van der Waals surface area contributed by atoms with Gasteiger partial charge in [-0.15, -0.1) is 11.3 Å². The molecule has 2 rings (SSSR count). The average Bonchev–Trinajstić information content (AvgIpc) is 3.02. The van der Waals surface area contributed by atoms with Crippen molar-refractivity contribution in [2.75, 3.05) is 6.61 Å². The largest absolute Gasteiger partial charge is 0.394 e. The molecule has 3 N–H and O–H groups in total. The molecule has 0 spiro atoms. The van der Waals surface area contributed by atoms with Gasteiger partial charge < -0.3 is 10.8 Å². The van der Waals surface area contributed by atoms with Gasteiger partial charge in [-0.25, -0.2) is 0 Å². The van der Waals surface area contributed by atoms with Crippen LogP contribution in [0.15, 0.2) is 41.8 Å². The van der Waals surface area contributed by atoms with E-state index in [1.54, 1.807) is 11.3 Å². The molecule has 0 radical (unpaired) electrons. The summed E-state index contributed by atoms with van der Waals surface area (Å²) in [6, 6.07) is 12.7. The summed E-state index contributed by atoms with van der Waals surface area (Å²) in [6.45, 7) is 1.90. The molecule has 0 aliphatic heterocycles. The predicted molar refractivity (Wildman–Crippen MR) is 98.6 cm³/mol. The molecule has 3 heteroatoms. The van der Waals surface area contributed by atoms with E-state index in [1.165, 1.54) is 10.4 Å². The molecule has 0 bridgehead atoms. The second-order valence-corrected chi connectivity index (χ2v) is 7.25. The van der Waals surface area contributed by atoms with E-state index in [2.05, 4.69) is 47.6 Å². The zero-order valence-corrected chi connectivity index (χ0v) is 14.5. The van der Waals surface area contributed by atoms with Crippen LogP contribution in [-0.2, 0) is 12.8 Å². The van der Waals surface area contributed by atoms with E-state index < -0.39 is 5.54 Å². The molecular formula is C20H25NOS. The molecule has 1 heterocycles. The number of aliphatic hydroxyl groups is 1. The summed E-state index contributed by atoms with van der Waals surface area (Å²) in [4.78, 5) is 1.28. The van der Waals surface area contributed by atoms with Gasteiger partial charge in [-0.1, -0.05) is 42.2 Å². The molecule has 0 aliphatic rings. The number of rotatable bonds is 7. The van der Waals surface area contributed by atoms with Crippen LogP contribution in [-0.4, -0.2) is 17.3 Å². The molecule has 0 amide bonds. The van der Waals surface area contributed by atoms with Crippen LogP contribution in [0.5, 0.6) is 0 Å². The molecule has 0 fully saturated rings. The summed E-state index contributed by atoms with van der Waals surface area (Å²) >= 11 is 1.72. The van der Waals surface area contributed by atoms with Crippen LogP contribution < -0.4 is 5.73 Å². The van der Waals surface area contributed by atoms with Crippen molar-refractivity contribution in [2.24, 2.45) is 5.73 Å². The van der Waals surface area contributed by atoms with Crippen LogP contribution in [0.3, 0.4) is 0 Å². The van der Waals surface area contributed by atoms with Gasteiger partial charge in [0.05, 0.1) is 6.61 Å². The second kappa shape index (κ2) is 8.88. The summed E-state index contributed by atoms with van der Waals surface area (Å²) in [5.41, 5.74) is 7.93. The van der Waals surface area contributed by atoms with Crippen molar-refractivity contribution in [2.45, 2.75) is 44.6 Å². The number of hydrogen-bond acceptors (Lipinski definition) is 3. The third-order valence-corrected chi connectivity index (χ3v) is 4.80. The lowest BCUT2D eigenvalue weighted by molar-refractivity contribution is 0.201. The van der Waals surface area contributed by atoms with Gasteiger partial charge in [-0.05, 0) is 44.2 Å². The summed E-state index contributed by atoms with van der Waals surface area (Å²) in [7, 11) is 0. The van der Waals surface area contributed by atoms with E-state index in [0.717, 1.165) is 37.7 Å². The van der Waals surface area contributed by atoms with Gasteiger partial charge in [0, 0.05) is 27.8 Å². The van der Waals surface area contributed by atoms with E-state index in [-0.39, 0.29) is 6.61 Å². The molecule has 1 aromatic carbocycles. The molecule has 1 unspecified atom stereocenters. The zero-order valence-electron chi connectivity index (χ0n) is 13.7. The SMILES string of the molecule is CC(N)(CO)CCc1cc(C#CCCCc2ccccc2)cs1. The Kier molecular flexibility index (Phi) is 6.85. The van der Waals surface area contributed by atoms with Crippen LogP contribution in [0.1, 0.15) is 42.2 Å². The lowest BCUT2D eigenvalue weighted by Crippen LogP contribution is -2.40. The standard InChI is InChI=1S/C20H25NOS/c1-20(21,16-22)13-12-19-14-18(15-23-19)11-7-3-6-10-17-8-4-2-5-9-17/h2,4-5,8-9,14-15,22H,3,6,10,12-13,16,21H2,1H3. The Labute approximate surface area is 143 Å². The summed E-state index contributed by atoms with van der Waals surface area (Å²) in [5, 5.41) is 11.3. The Hall–Kier alpha value is -1.60. The first-order chi connectivity index (χ1) is 11.1. The second-order valence-electron chi connectivity index (χ2n) is 6.25. The van der Waals surface area contributed by atoms with Gasteiger partial charge in [-0.2, -0.15) is 0 Å². The van der Waals surface area contributed by atoms with Crippen molar-refractivity contribution in [1.29, 1.82) is 0 Å². The number of unbranched alkanes of at least 4 members (excludes halogenated alkanes) is 1. The highest BCUT2D eigenvalue weighted by atomic mass is 32.1. The van der Waals surface area contributed by atoms with Crippen molar-refractivity contribution in [3.63, 3.8) is 0 Å². The highest BCUT2D eigenvalue weighted by Gasteiger charge is 2.16. The average molecular weight is 327 g/mol. The van der Waals surface area contributed by atoms with Crippen LogP contribution in [0.25, 0.3) is 0 Å². The Morgan fingerprint density at radius 3 is 2.74 bits per heavy atom. The van der Waals surface area contributed by atoms with E-state index in [0.29, 0.717) is 0 Å². The topological polar surface area (TPSA) is 46.2 Å². The maximum Gasteiger partial charge on any atom is 0.0608 e. The van der Waals surface area contributed by atoms with Crippen LogP contribution in [0.2, 0.25) is 0 Å². The molecule has 0 aliphatic carbocycles. The van der Waals surface area contributed by atoms with Gasteiger partial charge >= 0.3 is 0 Å². The van der Waals surface area contributed by atoms with Gasteiger partial charge in [0.2, 0.25) is 0 Å². The van der Waals surface area contributed by atoms with Crippen molar-refractivity contribution in [1.82, 2.24) is 0 Å². The molecule has 0 saturated heterocycles. The summed E-state index contributed by atoms with van der Waals surface area (Å²) in [5.74, 6) is 6.50. The first-order valence-corrected chi connectivity index (χ1v) is 8.97. The van der Waals surface area contributed by atoms with Crippen molar-refractivity contribution < 1.29 is 5.11 Å². The molecule has 1 atom stereocenters. The minimum atomic E-state index is -0.493. The fraction of sp³-hybridized carbons (Fsp3) is 0.400. The molecule has 1 aromatic heterocycles. The zero-order chi connectivity index (χ0) is 16.5. The number of benzene rings is 1. The fourth-order valence-corrected chi connectivity index (χ4v) is 3.08. The number of hydrogen-bond donors (Lipinski definition) is 2. The van der Waals surface area contributed by atoms with Gasteiger partial charge in [-0.3, -0.25) is 0 Å². The smallest absolute Gasteiger partial charge is 0.0608 e. The maximum absolute atomic E-state index is 9.18. The molecule has 23 heavy (non-hydrogen) atoms. The summed E-state index contributed by atoms with van der Waals surface area (Å²) < 4.78 is 0. The highest BCUT2D eigenvalue weighted by molar-refractivity contribution is 7.10. The monoisotopic (exact) mass is 327 g/mol. The van der Waals surface area contributed by atoms with Gasteiger partial charge in [0.15, 0.2) is 0 Å². The maximum atomic E-state index is 9.18. The predicted octanol–water partition coefficient (Wildman–Crippen LogP) is 3.76. The molecular weight excluding hydrogens is 302 g/mol. The first-order valence-electron chi connectivity index (χ1n) is 8.09. The number of aliphatic hydroxyl groups excluding tert-OH is 1. The number of aryl methyl sites for hydroxylation is 2. The van der Waals surface area contributed by atoms with Crippen LogP contribution in [0, 0.1) is 11.8 Å². The Morgan fingerprint density at radius 1 is 1.22 bits per heavy atom. The molecule has 2 aromatic rings. The third-order valence-electron chi connectivity index (χ3n) is 3.80. The molecule has 0 saturated carbocycles. The summed E-state index contributed by atoms with van der Waals surface area (Å²) in [6.07, 6.45) is 4.78. The van der Waals surface area contributed by atoms with Gasteiger partial charge in [0.1, 0.15) is 0 Å². The third kappa shape index (κ3) is 6.58. The Balaban J connectivity index is 1.74. The number of thiophene rings is 1. The Morgan fingerprint density at radius 2 is 2.00 bits per heavy atom. The first kappa shape index (κ1) is 17.7. The van der Waals surface area contributed by atoms with E-state index in [4.69, 9.17) is 5.73 Å². The number of nitrogens with two attached hydrogens (primary N) is 1. The Bertz CT molecular complexity index is 649. The van der Waals surface area contributed by atoms with E-state index >= 15 is 0 Å². The quantitative estimate of drug-likeness (QED) is 0.601. The van der Waals surface area contributed by atoms with E-state index in [1.807, 2.05) is 13.0 Å². The van der Waals surface area contributed by atoms with Crippen LogP contribution in [0.4, 0.5) is 0 Å². The van der Waals surface area contributed by atoms with Gasteiger partial charge in [0.25, 0.3) is 0 Å². The van der Waals surface area contributed by atoms with Crippen LogP contribution >= 0.6 is 11.3 Å². The minimum Gasteiger partial charge on any atom is -0.394 e. The molecule has 2 nitrogen and oxygen atoms in total. The van der Waals surface area contributed by atoms with Crippen molar-refractivity contribution in [3.8, 4) is 11.8 Å². The normalized spacial score (nSPS) is 13.2. The van der Waals surface area contributed by atoms with Crippen molar-refractivity contribution >= 4 is 11.3 Å². The highest BCUT2D eigenvalue weighted by Crippen LogP contribution is 2.18. The lowest BCUT2D eigenvalue weighted by atomic mass is 9.98.